The van der Waals surface area contributed by atoms with Gasteiger partial charge >= 0.3 is 0 Å². The molecule has 0 aliphatic heterocycles. The first-order valence-electron chi connectivity index (χ1n) is 12.2. The molecule has 9 unspecified atom stereocenters. The molecule has 0 saturated heterocycles. The van der Waals surface area contributed by atoms with Crippen LogP contribution in [0.4, 0.5) is 0 Å². The van der Waals surface area contributed by atoms with Crippen LogP contribution in [0.2, 0.25) is 0 Å². The SMILES string of the molecule is CC1(C)C2CC(Br)CCC2C2CCC(C3CCC4CCCCC4C3)CC21. The highest BCUT2D eigenvalue weighted by molar-refractivity contribution is 9.09. The van der Waals surface area contributed by atoms with Gasteiger partial charge in [-0.3, -0.25) is 0 Å². The van der Waals surface area contributed by atoms with E-state index in [9.17, 15) is 0 Å². The minimum Gasteiger partial charge on any atom is -0.0891 e. The molecule has 0 aromatic heterocycles. The fraction of sp³-hybridized carbons (Fsp3) is 1.00. The van der Waals surface area contributed by atoms with Crippen molar-refractivity contribution >= 4 is 15.9 Å². The summed E-state index contributed by atoms with van der Waals surface area (Å²) in [5, 5.41) is 0. The van der Waals surface area contributed by atoms with Crippen molar-refractivity contribution in [3.05, 3.63) is 0 Å². The van der Waals surface area contributed by atoms with E-state index in [1.54, 1.807) is 51.4 Å². The van der Waals surface area contributed by atoms with Crippen LogP contribution in [0.3, 0.4) is 0 Å². The molecule has 1 heteroatoms. The summed E-state index contributed by atoms with van der Waals surface area (Å²) in [6.45, 7) is 5.33. The van der Waals surface area contributed by atoms with Crippen molar-refractivity contribution in [2.24, 2.45) is 52.8 Å². The summed E-state index contributed by atoms with van der Waals surface area (Å²) in [6, 6.07) is 0. The zero-order valence-electron chi connectivity index (χ0n) is 17.3. The third kappa shape index (κ3) is 3.05. The van der Waals surface area contributed by atoms with Crippen LogP contribution in [0.15, 0.2) is 0 Å². The minimum atomic E-state index is 0.600. The molecular weight excluding hydrogens is 380 g/mol. The van der Waals surface area contributed by atoms with E-state index in [2.05, 4.69) is 29.8 Å². The van der Waals surface area contributed by atoms with Crippen molar-refractivity contribution < 1.29 is 0 Å². The zero-order chi connectivity index (χ0) is 17.9. The van der Waals surface area contributed by atoms with Crippen molar-refractivity contribution in [1.29, 1.82) is 0 Å². The highest BCUT2D eigenvalue weighted by atomic mass is 79.9. The average molecular weight is 422 g/mol. The summed E-state index contributed by atoms with van der Waals surface area (Å²) >= 11 is 3.98. The molecule has 5 aliphatic carbocycles. The Morgan fingerprint density at radius 1 is 0.577 bits per heavy atom. The van der Waals surface area contributed by atoms with Crippen LogP contribution in [-0.4, -0.2) is 4.83 Å². The Bertz CT molecular complexity index is 510. The molecule has 0 N–H and O–H groups in total. The molecule has 0 amide bonds. The maximum Gasteiger partial charge on any atom is 0.0148 e. The molecule has 0 nitrogen and oxygen atoms in total. The molecular formula is C25H41Br. The fourth-order valence-corrected chi connectivity index (χ4v) is 9.81. The first-order chi connectivity index (χ1) is 12.5. The third-order valence-electron chi connectivity index (χ3n) is 10.5. The largest absolute Gasteiger partial charge is 0.0891 e. The Morgan fingerprint density at radius 2 is 1.12 bits per heavy atom. The summed E-state index contributed by atoms with van der Waals surface area (Å²) in [6.07, 6.45) is 20.2. The van der Waals surface area contributed by atoms with Gasteiger partial charge in [-0.1, -0.05) is 55.5 Å². The fourth-order valence-electron chi connectivity index (χ4n) is 9.15. The molecule has 148 valence electrons. The first-order valence-corrected chi connectivity index (χ1v) is 13.1. The normalized spacial score (nSPS) is 53.4. The summed E-state index contributed by atoms with van der Waals surface area (Å²) in [5.74, 6) is 8.61. The maximum absolute atomic E-state index is 3.98. The summed E-state index contributed by atoms with van der Waals surface area (Å²) in [4.78, 5) is 0.806. The van der Waals surface area contributed by atoms with E-state index < -0.39 is 0 Å². The minimum absolute atomic E-state index is 0.600. The van der Waals surface area contributed by atoms with E-state index in [0.29, 0.717) is 5.41 Å². The molecule has 5 fully saturated rings. The van der Waals surface area contributed by atoms with Crippen LogP contribution >= 0.6 is 15.9 Å². The monoisotopic (exact) mass is 420 g/mol. The topological polar surface area (TPSA) is 0 Å². The molecule has 5 aliphatic rings. The van der Waals surface area contributed by atoms with Gasteiger partial charge in [0.1, 0.15) is 0 Å². The standard InChI is InChI=1S/C25H41Br/c1-25(2)23-14-19(18-8-7-16-5-3-4-6-17(16)13-18)9-11-21(23)22-12-10-20(26)15-24(22)25/h16-24H,3-15H2,1-2H3. The van der Waals surface area contributed by atoms with Crippen LogP contribution in [0, 0.1) is 52.8 Å². The first kappa shape index (κ1) is 18.5. The van der Waals surface area contributed by atoms with Gasteiger partial charge < -0.3 is 0 Å². The lowest BCUT2D eigenvalue weighted by Gasteiger charge is -2.46. The Hall–Kier alpha value is 0.480. The van der Waals surface area contributed by atoms with Crippen molar-refractivity contribution in [2.45, 2.75) is 102 Å². The van der Waals surface area contributed by atoms with Gasteiger partial charge in [-0.15, -0.1) is 0 Å². The number of halogens is 1. The van der Waals surface area contributed by atoms with Crippen molar-refractivity contribution in [3.63, 3.8) is 0 Å². The quantitative estimate of drug-likeness (QED) is 0.378. The van der Waals surface area contributed by atoms with Crippen molar-refractivity contribution in [1.82, 2.24) is 0 Å². The third-order valence-corrected chi connectivity index (χ3v) is 11.3. The molecule has 0 radical (unpaired) electrons. The number of rotatable bonds is 1. The van der Waals surface area contributed by atoms with Gasteiger partial charge in [0.25, 0.3) is 0 Å². The van der Waals surface area contributed by atoms with E-state index in [1.807, 2.05) is 0 Å². The van der Waals surface area contributed by atoms with Gasteiger partial charge in [0.05, 0.1) is 0 Å². The molecule has 0 aromatic rings. The molecule has 0 aromatic carbocycles. The molecule has 0 heterocycles. The second-order valence-electron chi connectivity index (χ2n) is 11.7. The van der Waals surface area contributed by atoms with Crippen LogP contribution in [-0.2, 0) is 0 Å². The Morgan fingerprint density at radius 3 is 1.92 bits per heavy atom. The van der Waals surface area contributed by atoms with Gasteiger partial charge in [0, 0.05) is 4.83 Å². The molecule has 9 atom stereocenters. The van der Waals surface area contributed by atoms with Crippen LogP contribution in [0.25, 0.3) is 0 Å². The van der Waals surface area contributed by atoms with Gasteiger partial charge in [0.2, 0.25) is 0 Å². The number of fused-ring (bicyclic) bond motifs is 4. The van der Waals surface area contributed by atoms with E-state index in [1.165, 1.54) is 32.1 Å². The van der Waals surface area contributed by atoms with E-state index in [4.69, 9.17) is 0 Å². The van der Waals surface area contributed by atoms with Crippen LogP contribution < -0.4 is 0 Å². The van der Waals surface area contributed by atoms with Crippen molar-refractivity contribution in [3.8, 4) is 0 Å². The second kappa shape index (κ2) is 7.07. The average Bonchev–Trinajstić information content (AvgIpc) is 2.88. The van der Waals surface area contributed by atoms with E-state index in [-0.39, 0.29) is 0 Å². The van der Waals surface area contributed by atoms with Crippen LogP contribution in [0.1, 0.15) is 97.3 Å². The number of hydrogen-bond donors (Lipinski definition) is 0. The predicted molar refractivity (Wildman–Crippen MR) is 114 cm³/mol. The van der Waals surface area contributed by atoms with Gasteiger partial charge in [0.15, 0.2) is 0 Å². The van der Waals surface area contributed by atoms with E-state index in [0.717, 1.165) is 52.2 Å². The number of hydrogen-bond acceptors (Lipinski definition) is 0. The Balaban J connectivity index is 1.29. The number of alkyl halides is 1. The van der Waals surface area contributed by atoms with E-state index >= 15 is 0 Å². The Kier molecular flexibility index (Phi) is 5.03. The highest BCUT2D eigenvalue weighted by Crippen LogP contribution is 2.65. The van der Waals surface area contributed by atoms with Gasteiger partial charge in [-0.25, -0.2) is 0 Å². The smallest absolute Gasteiger partial charge is 0.0148 e. The lowest BCUT2D eigenvalue weighted by Crippen LogP contribution is -2.37. The van der Waals surface area contributed by atoms with Gasteiger partial charge in [-0.05, 0) is 111 Å². The summed E-state index contributed by atoms with van der Waals surface area (Å²) < 4.78 is 0. The molecule has 0 spiro atoms. The summed E-state index contributed by atoms with van der Waals surface area (Å²) in [5.41, 5.74) is 0.600. The molecule has 0 bridgehead atoms. The molecule has 26 heavy (non-hydrogen) atoms. The predicted octanol–water partition coefficient (Wildman–Crippen LogP) is 7.85. The molecule has 5 saturated carbocycles. The van der Waals surface area contributed by atoms with Crippen molar-refractivity contribution in [2.75, 3.05) is 0 Å². The highest BCUT2D eigenvalue weighted by Gasteiger charge is 2.57. The second-order valence-corrected chi connectivity index (χ2v) is 13.0. The van der Waals surface area contributed by atoms with Gasteiger partial charge in [-0.2, -0.15) is 0 Å². The maximum atomic E-state index is 3.98. The van der Waals surface area contributed by atoms with Crippen LogP contribution in [0.5, 0.6) is 0 Å². The Labute approximate surface area is 170 Å². The lowest BCUT2D eigenvalue weighted by atomic mass is 9.59. The zero-order valence-corrected chi connectivity index (χ0v) is 18.9. The lowest BCUT2D eigenvalue weighted by molar-refractivity contribution is 0.0386. The molecule has 5 rings (SSSR count). The summed E-state index contributed by atoms with van der Waals surface area (Å²) in [7, 11) is 0.